The Labute approximate surface area is 167 Å². The third kappa shape index (κ3) is 8.77. The molecule has 0 saturated carbocycles. The average Bonchev–Trinajstić information content (AvgIpc) is 3.08. The van der Waals surface area contributed by atoms with Crippen molar-refractivity contribution in [2.75, 3.05) is 0 Å². The highest BCUT2D eigenvalue weighted by atomic mass is 15.1. The van der Waals surface area contributed by atoms with E-state index in [0.717, 1.165) is 25.8 Å². The van der Waals surface area contributed by atoms with Gasteiger partial charge in [0, 0.05) is 19.2 Å². The maximum atomic E-state index is 5.00. The van der Waals surface area contributed by atoms with Crippen molar-refractivity contribution in [3.8, 4) is 0 Å². The van der Waals surface area contributed by atoms with Crippen molar-refractivity contribution in [3.05, 3.63) is 53.6 Å². The zero-order valence-corrected chi connectivity index (χ0v) is 17.8. The largest absolute Gasteiger partial charge is 0.335 e. The van der Waals surface area contributed by atoms with E-state index in [9.17, 15) is 0 Å². The molecule has 0 saturated heterocycles. The van der Waals surface area contributed by atoms with Crippen molar-refractivity contribution in [3.63, 3.8) is 0 Å². The van der Waals surface area contributed by atoms with Gasteiger partial charge in [-0.2, -0.15) is 0 Å². The zero-order chi connectivity index (χ0) is 19.2. The SMILES string of the molecule is CCCCCCCCCc1nc(CCCc2ccccc2)cn1CCCC. The Morgan fingerprint density at radius 2 is 1.41 bits per heavy atom. The Hall–Kier alpha value is -1.57. The van der Waals surface area contributed by atoms with Crippen molar-refractivity contribution < 1.29 is 0 Å². The summed E-state index contributed by atoms with van der Waals surface area (Å²) in [5, 5.41) is 0. The summed E-state index contributed by atoms with van der Waals surface area (Å²) in [5.74, 6) is 1.33. The van der Waals surface area contributed by atoms with Crippen LogP contribution in [0.1, 0.15) is 95.1 Å². The van der Waals surface area contributed by atoms with Crippen LogP contribution in [0.25, 0.3) is 0 Å². The molecule has 0 amide bonds. The van der Waals surface area contributed by atoms with Crippen LogP contribution >= 0.6 is 0 Å². The molecule has 27 heavy (non-hydrogen) atoms. The number of rotatable bonds is 15. The van der Waals surface area contributed by atoms with Gasteiger partial charge in [0.2, 0.25) is 0 Å². The standard InChI is InChI=1S/C25H40N2/c1-3-5-7-8-9-10-14-20-25-26-24(22-27(25)21-6-4-2)19-15-18-23-16-12-11-13-17-23/h11-13,16-17,22H,3-10,14-15,18-21H2,1-2H3. The Kier molecular flexibility index (Phi) is 10.9. The molecule has 0 unspecified atom stereocenters. The van der Waals surface area contributed by atoms with Crippen molar-refractivity contribution in [2.45, 2.75) is 104 Å². The van der Waals surface area contributed by atoms with Gasteiger partial charge in [-0.05, 0) is 37.7 Å². The van der Waals surface area contributed by atoms with Crippen LogP contribution in [0.15, 0.2) is 36.5 Å². The van der Waals surface area contributed by atoms with Gasteiger partial charge in [-0.3, -0.25) is 0 Å². The molecule has 1 aromatic heterocycles. The lowest BCUT2D eigenvalue weighted by Gasteiger charge is -2.06. The molecule has 0 N–H and O–H groups in total. The van der Waals surface area contributed by atoms with Crippen LogP contribution in [0, 0.1) is 0 Å². The minimum atomic E-state index is 1.10. The van der Waals surface area contributed by atoms with Crippen LogP contribution in [-0.4, -0.2) is 9.55 Å². The molecule has 0 fully saturated rings. The summed E-state index contributed by atoms with van der Waals surface area (Å²) in [5.41, 5.74) is 2.73. The first-order chi connectivity index (χ1) is 13.3. The van der Waals surface area contributed by atoms with E-state index < -0.39 is 0 Å². The van der Waals surface area contributed by atoms with Gasteiger partial charge >= 0.3 is 0 Å². The lowest BCUT2D eigenvalue weighted by Crippen LogP contribution is -2.03. The second-order valence-electron chi connectivity index (χ2n) is 7.91. The molecule has 0 atom stereocenters. The number of hydrogen-bond acceptors (Lipinski definition) is 1. The molecule has 2 aromatic rings. The molecule has 0 spiro atoms. The van der Waals surface area contributed by atoms with E-state index in [1.165, 1.54) is 81.3 Å². The van der Waals surface area contributed by atoms with Gasteiger partial charge in [0.25, 0.3) is 0 Å². The van der Waals surface area contributed by atoms with Crippen molar-refractivity contribution in [2.24, 2.45) is 0 Å². The van der Waals surface area contributed by atoms with Crippen LogP contribution < -0.4 is 0 Å². The molecule has 0 aliphatic rings. The van der Waals surface area contributed by atoms with Crippen LogP contribution in [-0.2, 0) is 25.8 Å². The van der Waals surface area contributed by atoms with Crippen LogP contribution in [0.5, 0.6) is 0 Å². The van der Waals surface area contributed by atoms with E-state index in [0.29, 0.717) is 0 Å². The molecule has 2 nitrogen and oxygen atoms in total. The number of hydrogen-bond donors (Lipinski definition) is 0. The van der Waals surface area contributed by atoms with Crippen LogP contribution in [0.4, 0.5) is 0 Å². The monoisotopic (exact) mass is 368 g/mol. The van der Waals surface area contributed by atoms with Gasteiger partial charge in [0.15, 0.2) is 0 Å². The van der Waals surface area contributed by atoms with E-state index in [4.69, 9.17) is 4.98 Å². The maximum absolute atomic E-state index is 5.00. The van der Waals surface area contributed by atoms with E-state index in [2.05, 4.69) is 54.9 Å². The normalized spacial score (nSPS) is 11.2. The number of nitrogens with zero attached hydrogens (tertiary/aromatic N) is 2. The fraction of sp³-hybridized carbons (Fsp3) is 0.640. The molecule has 0 radical (unpaired) electrons. The van der Waals surface area contributed by atoms with Crippen molar-refractivity contribution in [1.29, 1.82) is 0 Å². The molecule has 0 bridgehead atoms. The first kappa shape index (κ1) is 21.7. The highest BCUT2D eigenvalue weighted by Gasteiger charge is 2.08. The Balaban J connectivity index is 1.77. The molecular formula is C25H40N2. The summed E-state index contributed by atoms with van der Waals surface area (Å²) in [6, 6.07) is 10.8. The summed E-state index contributed by atoms with van der Waals surface area (Å²) in [7, 11) is 0. The highest BCUT2D eigenvalue weighted by Crippen LogP contribution is 2.14. The van der Waals surface area contributed by atoms with Crippen LogP contribution in [0.2, 0.25) is 0 Å². The van der Waals surface area contributed by atoms with Gasteiger partial charge in [0.05, 0.1) is 5.69 Å². The second-order valence-corrected chi connectivity index (χ2v) is 7.91. The first-order valence-electron chi connectivity index (χ1n) is 11.4. The molecular weight excluding hydrogens is 328 g/mol. The van der Waals surface area contributed by atoms with Gasteiger partial charge < -0.3 is 4.57 Å². The number of unbranched alkanes of at least 4 members (excludes halogenated alkanes) is 7. The minimum Gasteiger partial charge on any atom is -0.335 e. The molecule has 2 heteroatoms. The minimum absolute atomic E-state index is 1.10. The number of benzene rings is 1. The van der Waals surface area contributed by atoms with Gasteiger partial charge in [-0.15, -0.1) is 0 Å². The second kappa shape index (κ2) is 13.6. The van der Waals surface area contributed by atoms with Gasteiger partial charge in [-0.25, -0.2) is 4.98 Å². The number of aryl methyl sites for hydroxylation is 4. The number of imidazole rings is 1. The van der Waals surface area contributed by atoms with E-state index in [1.54, 1.807) is 0 Å². The van der Waals surface area contributed by atoms with Gasteiger partial charge in [-0.1, -0.05) is 89.1 Å². The molecule has 2 rings (SSSR count). The van der Waals surface area contributed by atoms with Crippen LogP contribution in [0.3, 0.4) is 0 Å². The molecule has 150 valence electrons. The number of aromatic nitrogens is 2. The topological polar surface area (TPSA) is 17.8 Å². The van der Waals surface area contributed by atoms with Crippen molar-refractivity contribution >= 4 is 0 Å². The summed E-state index contributed by atoms with van der Waals surface area (Å²) in [4.78, 5) is 5.00. The fourth-order valence-electron chi connectivity index (χ4n) is 3.71. The summed E-state index contributed by atoms with van der Waals surface area (Å²) >= 11 is 0. The molecule has 0 aliphatic heterocycles. The average molecular weight is 369 g/mol. The Bertz CT molecular complexity index is 600. The molecule has 0 aliphatic carbocycles. The Morgan fingerprint density at radius 1 is 0.704 bits per heavy atom. The maximum Gasteiger partial charge on any atom is 0.108 e. The fourth-order valence-corrected chi connectivity index (χ4v) is 3.71. The summed E-state index contributed by atoms with van der Waals surface area (Å²) < 4.78 is 2.44. The summed E-state index contributed by atoms with van der Waals surface area (Å²) in [6.45, 7) is 5.69. The van der Waals surface area contributed by atoms with Gasteiger partial charge in [0.1, 0.15) is 5.82 Å². The smallest absolute Gasteiger partial charge is 0.108 e. The molecule has 1 aromatic carbocycles. The first-order valence-corrected chi connectivity index (χ1v) is 11.4. The zero-order valence-electron chi connectivity index (χ0n) is 17.8. The quantitative estimate of drug-likeness (QED) is 0.305. The van der Waals surface area contributed by atoms with Crippen molar-refractivity contribution in [1.82, 2.24) is 9.55 Å². The predicted molar refractivity (Wildman–Crippen MR) is 117 cm³/mol. The van der Waals surface area contributed by atoms with E-state index in [1.807, 2.05) is 0 Å². The molecule has 1 heterocycles. The highest BCUT2D eigenvalue weighted by molar-refractivity contribution is 5.15. The third-order valence-electron chi connectivity index (χ3n) is 5.41. The third-order valence-corrected chi connectivity index (χ3v) is 5.41. The van der Waals surface area contributed by atoms with E-state index >= 15 is 0 Å². The summed E-state index contributed by atoms with van der Waals surface area (Å²) in [6.07, 6.45) is 19.0. The lowest BCUT2D eigenvalue weighted by molar-refractivity contribution is 0.561. The lowest BCUT2D eigenvalue weighted by atomic mass is 10.1. The predicted octanol–water partition coefficient (Wildman–Crippen LogP) is 7.15. The van der Waals surface area contributed by atoms with E-state index in [-0.39, 0.29) is 0 Å². The Morgan fingerprint density at radius 3 is 2.15 bits per heavy atom.